The highest BCUT2D eigenvalue weighted by Crippen LogP contribution is 2.28. The molecule has 106 valence electrons. The molecule has 0 radical (unpaired) electrons. The number of aromatic nitrogens is 1. The predicted molar refractivity (Wildman–Crippen MR) is 78.5 cm³/mol. The van der Waals surface area contributed by atoms with Crippen molar-refractivity contribution in [3.8, 4) is 0 Å². The van der Waals surface area contributed by atoms with Crippen molar-refractivity contribution in [2.45, 2.75) is 25.3 Å². The van der Waals surface area contributed by atoms with Crippen LogP contribution in [0.3, 0.4) is 0 Å². The van der Waals surface area contributed by atoms with Crippen LogP contribution < -0.4 is 5.32 Å². The van der Waals surface area contributed by atoms with Gasteiger partial charge >= 0.3 is 5.97 Å². The van der Waals surface area contributed by atoms with Gasteiger partial charge in [-0.25, -0.2) is 4.79 Å². The van der Waals surface area contributed by atoms with E-state index in [2.05, 4.69) is 10.5 Å². The molecular weight excluding hydrogens is 276 g/mol. The maximum absolute atomic E-state index is 11.4. The number of thioether (sulfide) groups is 1. The number of benzene rings is 1. The summed E-state index contributed by atoms with van der Waals surface area (Å²) < 4.78 is 5.10. The van der Waals surface area contributed by atoms with Gasteiger partial charge in [0.15, 0.2) is 0 Å². The van der Waals surface area contributed by atoms with E-state index in [9.17, 15) is 9.90 Å². The molecule has 0 amide bonds. The first-order chi connectivity index (χ1) is 9.54. The van der Waals surface area contributed by atoms with Crippen molar-refractivity contribution in [2.24, 2.45) is 0 Å². The van der Waals surface area contributed by atoms with Crippen LogP contribution in [0.2, 0.25) is 0 Å². The molecule has 20 heavy (non-hydrogen) atoms. The summed E-state index contributed by atoms with van der Waals surface area (Å²) in [5, 5.41) is 16.4. The van der Waals surface area contributed by atoms with Crippen LogP contribution >= 0.6 is 11.8 Å². The first-order valence-electron chi connectivity index (χ1n) is 6.10. The van der Waals surface area contributed by atoms with Crippen LogP contribution in [0.15, 0.2) is 27.6 Å². The van der Waals surface area contributed by atoms with Crippen molar-refractivity contribution in [1.82, 2.24) is 5.16 Å². The highest BCUT2D eigenvalue weighted by atomic mass is 32.2. The number of hydrogen-bond acceptors (Lipinski definition) is 5. The molecule has 0 bridgehead atoms. The minimum Gasteiger partial charge on any atom is -0.478 e. The van der Waals surface area contributed by atoms with Crippen molar-refractivity contribution in [3.05, 3.63) is 40.8 Å². The number of carbonyl (C=O) groups is 1. The van der Waals surface area contributed by atoms with E-state index in [0.29, 0.717) is 17.8 Å². The Morgan fingerprint density at radius 2 is 2.20 bits per heavy atom. The molecule has 0 aliphatic carbocycles. The van der Waals surface area contributed by atoms with Crippen LogP contribution in [0.1, 0.15) is 27.4 Å². The highest BCUT2D eigenvalue weighted by Gasteiger charge is 2.16. The molecule has 2 N–H and O–H groups in total. The second-order valence-corrected chi connectivity index (χ2v) is 5.19. The van der Waals surface area contributed by atoms with Gasteiger partial charge in [0, 0.05) is 17.0 Å². The standard InChI is InChI=1S/C14H16N2O3S/c1-8-10(9(2)19-16-8)7-15-11-5-4-6-12(20-3)13(11)14(17)18/h4-6,15H,7H2,1-3H3,(H,17,18). The summed E-state index contributed by atoms with van der Waals surface area (Å²) in [4.78, 5) is 12.1. The Balaban J connectivity index is 2.28. The molecule has 0 aliphatic rings. The molecule has 2 aromatic rings. The fourth-order valence-electron chi connectivity index (χ4n) is 2.01. The second kappa shape index (κ2) is 6.00. The summed E-state index contributed by atoms with van der Waals surface area (Å²) in [6.07, 6.45) is 1.86. The zero-order chi connectivity index (χ0) is 14.7. The van der Waals surface area contributed by atoms with E-state index >= 15 is 0 Å². The second-order valence-electron chi connectivity index (χ2n) is 4.34. The molecular formula is C14H16N2O3S. The van der Waals surface area contributed by atoms with Crippen LogP contribution in [0.25, 0.3) is 0 Å². The number of aryl methyl sites for hydroxylation is 2. The van der Waals surface area contributed by atoms with Gasteiger partial charge in [0.1, 0.15) is 5.76 Å². The van der Waals surface area contributed by atoms with E-state index in [4.69, 9.17) is 4.52 Å². The Morgan fingerprint density at radius 1 is 1.45 bits per heavy atom. The summed E-state index contributed by atoms with van der Waals surface area (Å²) in [5.41, 5.74) is 2.67. The Kier molecular flexibility index (Phi) is 4.34. The smallest absolute Gasteiger partial charge is 0.338 e. The normalized spacial score (nSPS) is 10.6. The van der Waals surface area contributed by atoms with Crippen molar-refractivity contribution in [1.29, 1.82) is 0 Å². The van der Waals surface area contributed by atoms with E-state index in [1.807, 2.05) is 26.2 Å². The molecule has 5 nitrogen and oxygen atoms in total. The Hall–Kier alpha value is -1.95. The molecule has 0 atom stereocenters. The lowest BCUT2D eigenvalue weighted by Crippen LogP contribution is -2.08. The summed E-state index contributed by atoms with van der Waals surface area (Å²) in [6, 6.07) is 5.41. The van der Waals surface area contributed by atoms with Crippen molar-refractivity contribution in [2.75, 3.05) is 11.6 Å². The Morgan fingerprint density at radius 3 is 2.75 bits per heavy atom. The minimum absolute atomic E-state index is 0.298. The molecule has 0 aliphatic heterocycles. The molecule has 1 heterocycles. The van der Waals surface area contributed by atoms with Crippen LogP contribution in [0, 0.1) is 13.8 Å². The zero-order valence-electron chi connectivity index (χ0n) is 11.6. The number of anilines is 1. The number of aromatic carboxylic acids is 1. The van der Waals surface area contributed by atoms with E-state index in [1.165, 1.54) is 11.8 Å². The quantitative estimate of drug-likeness (QED) is 0.823. The average Bonchev–Trinajstić information content (AvgIpc) is 2.75. The monoisotopic (exact) mass is 292 g/mol. The van der Waals surface area contributed by atoms with Gasteiger partial charge in [0.2, 0.25) is 0 Å². The molecule has 0 saturated carbocycles. The highest BCUT2D eigenvalue weighted by molar-refractivity contribution is 7.98. The maximum atomic E-state index is 11.4. The predicted octanol–water partition coefficient (Wildman–Crippen LogP) is 3.32. The van der Waals surface area contributed by atoms with Gasteiger partial charge in [-0.05, 0) is 32.2 Å². The van der Waals surface area contributed by atoms with Gasteiger partial charge in [-0.1, -0.05) is 11.2 Å². The van der Waals surface area contributed by atoms with Gasteiger partial charge in [-0.3, -0.25) is 0 Å². The van der Waals surface area contributed by atoms with Crippen LogP contribution in [-0.4, -0.2) is 22.5 Å². The molecule has 0 spiro atoms. The van der Waals surface area contributed by atoms with Crippen LogP contribution in [0.5, 0.6) is 0 Å². The van der Waals surface area contributed by atoms with Gasteiger partial charge in [0.05, 0.1) is 16.9 Å². The van der Waals surface area contributed by atoms with Gasteiger partial charge in [-0.2, -0.15) is 0 Å². The number of hydrogen-bond donors (Lipinski definition) is 2. The molecule has 0 fully saturated rings. The fraction of sp³-hybridized carbons (Fsp3) is 0.286. The first kappa shape index (κ1) is 14.5. The summed E-state index contributed by atoms with van der Waals surface area (Å²) in [5.74, 6) is -0.191. The van der Waals surface area contributed by atoms with E-state index in [1.54, 1.807) is 12.1 Å². The SMILES string of the molecule is CSc1cccc(NCc2c(C)noc2C)c1C(=O)O. The third-order valence-electron chi connectivity index (χ3n) is 3.10. The molecule has 2 rings (SSSR count). The zero-order valence-corrected chi connectivity index (χ0v) is 12.4. The fourth-order valence-corrected chi connectivity index (χ4v) is 2.62. The van der Waals surface area contributed by atoms with Crippen molar-refractivity contribution >= 4 is 23.4 Å². The lowest BCUT2D eigenvalue weighted by molar-refractivity contribution is 0.0694. The number of nitrogens with one attached hydrogen (secondary N) is 1. The molecule has 0 saturated heterocycles. The van der Waals surface area contributed by atoms with E-state index < -0.39 is 5.97 Å². The number of rotatable bonds is 5. The van der Waals surface area contributed by atoms with Gasteiger partial charge in [0.25, 0.3) is 0 Å². The van der Waals surface area contributed by atoms with Crippen LogP contribution in [0.4, 0.5) is 5.69 Å². The first-order valence-corrected chi connectivity index (χ1v) is 7.33. The summed E-state index contributed by atoms with van der Waals surface area (Å²) in [6.45, 7) is 4.19. The summed E-state index contributed by atoms with van der Waals surface area (Å²) in [7, 11) is 0. The maximum Gasteiger partial charge on any atom is 0.338 e. The third kappa shape index (κ3) is 2.80. The topological polar surface area (TPSA) is 75.4 Å². The Bertz CT molecular complexity index is 618. The Labute approximate surface area is 121 Å². The molecule has 0 unspecified atom stereocenters. The van der Waals surface area contributed by atoms with Crippen LogP contribution in [-0.2, 0) is 6.54 Å². The lowest BCUT2D eigenvalue weighted by Gasteiger charge is -2.12. The summed E-state index contributed by atoms with van der Waals surface area (Å²) >= 11 is 1.42. The molecule has 6 heteroatoms. The number of nitrogens with zero attached hydrogens (tertiary/aromatic N) is 1. The largest absolute Gasteiger partial charge is 0.478 e. The average molecular weight is 292 g/mol. The lowest BCUT2D eigenvalue weighted by atomic mass is 10.1. The third-order valence-corrected chi connectivity index (χ3v) is 3.88. The number of carboxylic acid groups (broad SMARTS) is 1. The molecule has 1 aromatic heterocycles. The van der Waals surface area contributed by atoms with Gasteiger partial charge < -0.3 is 14.9 Å². The van der Waals surface area contributed by atoms with Crippen molar-refractivity contribution in [3.63, 3.8) is 0 Å². The molecule has 1 aromatic carbocycles. The van der Waals surface area contributed by atoms with E-state index in [-0.39, 0.29) is 0 Å². The number of carboxylic acids is 1. The van der Waals surface area contributed by atoms with Gasteiger partial charge in [-0.15, -0.1) is 11.8 Å². The van der Waals surface area contributed by atoms with Crippen molar-refractivity contribution < 1.29 is 14.4 Å². The van der Waals surface area contributed by atoms with E-state index in [0.717, 1.165) is 21.9 Å². The minimum atomic E-state index is -0.934.